The van der Waals surface area contributed by atoms with E-state index in [0.717, 1.165) is 16.5 Å². The lowest BCUT2D eigenvalue weighted by Crippen LogP contribution is -2.30. The number of anilines is 1. The van der Waals surface area contributed by atoms with Gasteiger partial charge in [0.25, 0.3) is 5.91 Å². The number of fused-ring (bicyclic) bond motifs is 1. The van der Waals surface area contributed by atoms with Crippen molar-refractivity contribution >= 4 is 45.4 Å². The van der Waals surface area contributed by atoms with Crippen molar-refractivity contribution in [2.75, 3.05) is 4.90 Å². The fourth-order valence-electron chi connectivity index (χ4n) is 4.04. The SMILES string of the molecule is O=C(O)Cc1ccc(N2C(=O)C(O)=C(c3ccc4ccccc4n3)C2c2ccsc2)cc1. The van der Waals surface area contributed by atoms with Crippen molar-refractivity contribution in [1.82, 2.24) is 4.98 Å². The van der Waals surface area contributed by atoms with Crippen LogP contribution in [0.3, 0.4) is 0 Å². The number of aliphatic hydroxyl groups is 1. The number of pyridine rings is 1. The molecule has 0 spiro atoms. The van der Waals surface area contributed by atoms with Crippen molar-refractivity contribution in [3.63, 3.8) is 0 Å². The topological polar surface area (TPSA) is 90.7 Å². The zero-order valence-electron chi connectivity index (χ0n) is 16.8. The van der Waals surface area contributed by atoms with Crippen LogP contribution in [0.2, 0.25) is 0 Å². The lowest BCUT2D eigenvalue weighted by atomic mass is 9.97. The maximum Gasteiger partial charge on any atom is 0.307 e. The number of benzene rings is 2. The number of carbonyl (C=O) groups excluding carboxylic acids is 1. The minimum absolute atomic E-state index is 0.0993. The third-order valence-corrected chi connectivity index (χ3v) is 6.21. The number of aliphatic hydroxyl groups excluding tert-OH is 1. The first-order chi connectivity index (χ1) is 15.5. The number of rotatable bonds is 5. The summed E-state index contributed by atoms with van der Waals surface area (Å²) < 4.78 is 0. The predicted octanol–water partition coefficient (Wildman–Crippen LogP) is 4.98. The molecular weight excluding hydrogens is 424 g/mol. The van der Waals surface area contributed by atoms with Crippen LogP contribution >= 0.6 is 11.3 Å². The van der Waals surface area contributed by atoms with E-state index in [1.54, 1.807) is 24.3 Å². The standard InChI is InChI=1S/C25H18N2O4S/c28-21(29)13-15-5-8-18(9-6-15)27-23(17-11-12-32-14-17)22(24(30)25(27)31)20-10-7-16-3-1-2-4-19(16)26-20/h1-12,14,23,30H,13H2,(H,28,29). The zero-order valence-corrected chi connectivity index (χ0v) is 17.6. The average Bonchev–Trinajstić information content (AvgIpc) is 3.41. The van der Waals surface area contributed by atoms with Gasteiger partial charge in [-0.15, -0.1) is 0 Å². The van der Waals surface area contributed by atoms with Gasteiger partial charge in [-0.05, 0) is 52.2 Å². The molecule has 2 aromatic carbocycles. The first kappa shape index (κ1) is 20.0. The summed E-state index contributed by atoms with van der Waals surface area (Å²) in [4.78, 5) is 30.5. The molecule has 5 rings (SSSR count). The predicted molar refractivity (Wildman–Crippen MR) is 124 cm³/mol. The van der Waals surface area contributed by atoms with Gasteiger partial charge in [0.1, 0.15) is 0 Å². The van der Waals surface area contributed by atoms with Crippen molar-refractivity contribution in [2.24, 2.45) is 0 Å². The third kappa shape index (κ3) is 3.42. The van der Waals surface area contributed by atoms with E-state index in [2.05, 4.69) is 0 Å². The first-order valence-corrected chi connectivity index (χ1v) is 10.9. The Hall–Kier alpha value is -3.97. The number of aliphatic carboxylic acids is 1. The van der Waals surface area contributed by atoms with Crippen LogP contribution < -0.4 is 4.90 Å². The highest BCUT2D eigenvalue weighted by Crippen LogP contribution is 2.45. The second kappa shape index (κ2) is 7.94. The molecule has 32 heavy (non-hydrogen) atoms. The van der Waals surface area contributed by atoms with Gasteiger partial charge in [0.2, 0.25) is 0 Å². The molecule has 158 valence electrons. The van der Waals surface area contributed by atoms with Gasteiger partial charge < -0.3 is 10.2 Å². The summed E-state index contributed by atoms with van der Waals surface area (Å²) in [5, 5.41) is 24.8. The number of carboxylic acids is 1. The Balaban J connectivity index is 1.62. The normalized spacial score (nSPS) is 16.2. The third-order valence-electron chi connectivity index (χ3n) is 5.51. The molecule has 1 atom stereocenters. The van der Waals surface area contributed by atoms with Gasteiger partial charge in [-0.1, -0.05) is 36.4 Å². The highest BCUT2D eigenvalue weighted by atomic mass is 32.1. The molecule has 1 aliphatic heterocycles. The zero-order chi connectivity index (χ0) is 22.2. The van der Waals surface area contributed by atoms with Gasteiger partial charge in [0, 0.05) is 11.1 Å². The summed E-state index contributed by atoms with van der Waals surface area (Å²) in [7, 11) is 0. The number of hydrogen-bond acceptors (Lipinski definition) is 5. The second-order valence-corrected chi connectivity index (χ2v) is 8.30. The minimum Gasteiger partial charge on any atom is -0.503 e. The molecule has 0 aliphatic carbocycles. The number of thiophene rings is 1. The molecule has 1 aliphatic rings. The molecule has 6 nitrogen and oxygen atoms in total. The molecule has 0 saturated heterocycles. The van der Waals surface area contributed by atoms with Crippen molar-refractivity contribution in [1.29, 1.82) is 0 Å². The number of aromatic nitrogens is 1. The molecule has 2 aromatic heterocycles. The minimum atomic E-state index is -0.921. The molecule has 3 heterocycles. The van der Waals surface area contributed by atoms with Crippen LogP contribution in [0, 0.1) is 0 Å². The molecule has 2 N–H and O–H groups in total. The van der Waals surface area contributed by atoms with Crippen LogP contribution in [0.25, 0.3) is 16.5 Å². The van der Waals surface area contributed by atoms with E-state index in [0.29, 0.717) is 22.5 Å². The molecule has 1 unspecified atom stereocenters. The lowest BCUT2D eigenvalue weighted by molar-refractivity contribution is -0.136. The molecular formula is C25H18N2O4S. The average molecular weight is 442 g/mol. The Kier molecular flexibility index (Phi) is 4.95. The van der Waals surface area contributed by atoms with Crippen molar-refractivity contribution in [3.05, 3.63) is 100 Å². The number of nitrogens with zero attached hydrogens (tertiary/aromatic N) is 2. The van der Waals surface area contributed by atoms with Crippen LogP contribution in [-0.4, -0.2) is 27.1 Å². The van der Waals surface area contributed by atoms with Crippen LogP contribution in [0.15, 0.2) is 83.2 Å². The Labute approximate surface area is 187 Å². The van der Waals surface area contributed by atoms with E-state index in [4.69, 9.17) is 10.1 Å². The summed E-state index contributed by atoms with van der Waals surface area (Å²) in [5.41, 5.74) is 3.84. The Morgan fingerprint density at radius 3 is 2.53 bits per heavy atom. The molecule has 0 radical (unpaired) electrons. The summed E-state index contributed by atoms with van der Waals surface area (Å²) in [6.07, 6.45) is -0.0993. The number of carbonyl (C=O) groups is 2. The van der Waals surface area contributed by atoms with Crippen LogP contribution in [0.1, 0.15) is 22.9 Å². The molecule has 0 bridgehead atoms. The summed E-state index contributed by atoms with van der Waals surface area (Å²) >= 11 is 1.51. The van der Waals surface area contributed by atoms with E-state index in [1.165, 1.54) is 16.2 Å². The summed E-state index contributed by atoms with van der Waals surface area (Å²) in [6.45, 7) is 0. The van der Waals surface area contributed by atoms with Gasteiger partial charge in [-0.2, -0.15) is 11.3 Å². The Bertz CT molecular complexity index is 1360. The van der Waals surface area contributed by atoms with Crippen molar-refractivity contribution in [3.8, 4) is 0 Å². The number of hydrogen-bond donors (Lipinski definition) is 2. The van der Waals surface area contributed by atoms with Gasteiger partial charge in [0.15, 0.2) is 5.76 Å². The maximum atomic E-state index is 13.2. The quantitative estimate of drug-likeness (QED) is 0.455. The fourth-order valence-corrected chi connectivity index (χ4v) is 4.72. The van der Waals surface area contributed by atoms with Crippen molar-refractivity contribution < 1.29 is 19.8 Å². The van der Waals surface area contributed by atoms with Gasteiger partial charge in [-0.25, -0.2) is 4.98 Å². The molecule has 1 amide bonds. The largest absolute Gasteiger partial charge is 0.503 e. The molecule has 0 fully saturated rings. The second-order valence-electron chi connectivity index (χ2n) is 7.52. The molecule has 7 heteroatoms. The van der Waals surface area contributed by atoms with E-state index in [9.17, 15) is 14.7 Å². The van der Waals surface area contributed by atoms with E-state index in [1.807, 2.05) is 53.2 Å². The number of para-hydroxylation sites is 1. The van der Waals surface area contributed by atoms with E-state index < -0.39 is 17.9 Å². The van der Waals surface area contributed by atoms with E-state index in [-0.39, 0.29) is 12.2 Å². The smallest absolute Gasteiger partial charge is 0.307 e. The summed E-state index contributed by atoms with van der Waals surface area (Å²) in [6, 6.07) is 19.6. The molecule has 0 saturated carbocycles. The van der Waals surface area contributed by atoms with Crippen LogP contribution in [0.5, 0.6) is 0 Å². The highest BCUT2D eigenvalue weighted by Gasteiger charge is 2.42. The highest BCUT2D eigenvalue weighted by molar-refractivity contribution is 7.08. The maximum absolute atomic E-state index is 13.2. The summed E-state index contributed by atoms with van der Waals surface area (Å²) in [5.74, 6) is -1.77. The van der Waals surface area contributed by atoms with E-state index >= 15 is 0 Å². The van der Waals surface area contributed by atoms with Gasteiger partial charge >= 0.3 is 5.97 Å². The molecule has 4 aromatic rings. The Morgan fingerprint density at radius 1 is 1.03 bits per heavy atom. The van der Waals surface area contributed by atoms with Gasteiger partial charge in [0.05, 0.1) is 29.2 Å². The first-order valence-electron chi connectivity index (χ1n) is 9.98. The van der Waals surface area contributed by atoms with Gasteiger partial charge in [-0.3, -0.25) is 14.5 Å². The van der Waals surface area contributed by atoms with Crippen molar-refractivity contribution in [2.45, 2.75) is 12.5 Å². The lowest BCUT2D eigenvalue weighted by Gasteiger charge is -2.26. The fraction of sp³-hybridized carbons (Fsp3) is 0.0800. The van der Waals surface area contributed by atoms with Crippen LogP contribution in [0.4, 0.5) is 5.69 Å². The number of amides is 1. The van der Waals surface area contributed by atoms with Crippen LogP contribution in [-0.2, 0) is 16.0 Å². The number of carboxylic acid groups (broad SMARTS) is 1. The Morgan fingerprint density at radius 2 is 1.81 bits per heavy atom. The monoisotopic (exact) mass is 442 g/mol.